The van der Waals surface area contributed by atoms with Crippen molar-refractivity contribution in [3.63, 3.8) is 0 Å². The molecule has 0 N–H and O–H groups in total. The van der Waals surface area contributed by atoms with Gasteiger partial charge in [-0.3, -0.25) is 9.59 Å². The van der Waals surface area contributed by atoms with Gasteiger partial charge in [-0.15, -0.1) is 0 Å². The monoisotopic (exact) mass is 308 g/mol. The van der Waals surface area contributed by atoms with Crippen LogP contribution in [0.4, 0.5) is 0 Å². The van der Waals surface area contributed by atoms with Crippen LogP contribution in [-0.2, 0) is 19.1 Å². The fraction of sp³-hybridized carbons (Fsp3) is 0.263. The molecule has 1 aliphatic heterocycles. The van der Waals surface area contributed by atoms with Crippen LogP contribution < -0.4 is 0 Å². The normalized spacial score (nSPS) is 25.4. The van der Waals surface area contributed by atoms with Gasteiger partial charge in [0.1, 0.15) is 0 Å². The van der Waals surface area contributed by atoms with Crippen molar-refractivity contribution in [2.75, 3.05) is 0 Å². The highest BCUT2D eigenvalue weighted by atomic mass is 16.6. The van der Waals surface area contributed by atoms with E-state index in [9.17, 15) is 9.59 Å². The molecule has 1 spiro atoms. The summed E-state index contributed by atoms with van der Waals surface area (Å²) in [6, 6.07) is 18.8. The van der Waals surface area contributed by atoms with E-state index in [0.29, 0.717) is 12.8 Å². The first-order chi connectivity index (χ1) is 11.2. The van der Waals surface area contributed by atoms with Crippen LogP contribution in [-0.4, -0.2) is 11.9 Å². The van der Waals surface area contributed by atoms with Crippen molar-refractivity contribution in [2.24, 2.45) is 5.41 Å². The van der Waals surface area contributed by atoms with Crippen LogP contribution in [0.5, 0.6) is 0 Å². The summed E-state index contributed by atoms with van der Waals surface area (Å²) in [5.74, 6) is -0.926. The SMILES string of the molecule is O=C1O[C@@H](c2ccccc2)[C@H](c2ccccc2)OC(=O)C12CC2. The van der Waals surface area contributed by atoms with Crippen molar-refractivity contribution in [1.29, 1.82) is 0 Å². The third-order valence-corrected chi connectivity index (χ3v) is 4.53. The highest BCUT2D eigenvalue weighted by Gasteiger charge is 2.62. The Morgan fingerprint density at radius 2 is 1.09 bits per heavy atom. The highest BCUT2D eigenvalue weighted by molar-refractivity contribution is 6.03. The molecule has 1 aliphatic carbocycles. The Morgan fingerprint density at radius 3 is 1.43 bits per heavy atom. The number of esters is 2. The fourth-order valence-electron chi connectivity index (χ4n) is 2.97. The van der Waals surface area contributed by atoms with Gasteiger partial charge in [0.15, 0.2) is 17.6 Å². The largest absolute Gasteiger partial charge is 0.452 e. The molecular weight excluding hydrogens is 292 g/mol. The minimum Gasteiger partial charge on any atom is -0.452 e. The lowest BCUT2D eigenvalue weighted by Crippen LogP contribution is -2.26. The molecule has 2 aromatic rings. The first-order valence-electron chi connectivity index (χ1n) is 7.73. The summed E-state index contributed by atoms with van der Waals surface area (Å²) in [6.45, 7) is 0. The van der Waals surface area contributed by atoms with Gasteiger partial charge in [-0.25, -0.2) is 0 Å². The molecule has 1 saturated heterocycles. The molecule has 0 bridgehead atoms. The van der Waals surface area contributed by atoms with Gasteiger partial charge < -0.3 is 9.47 Å². The molecule has 23 heavy (non-hydrogen) atoms. The number of carbonyl (C=O) groups excluding carboxylic acids is 2. The highest BCUT2D eigenvalue weighted by Crippen LogP contribution is 2.53. The lowest BCUT2D eigenvalue weighted by Gasteiger charge is -2.24. The van der Waals surface area contributed by atoms with Crippen molar-refractivity contribution < 1.29 is 19.1 Å². The topological polar surface area (TPSA) is 52.6 Å². The second-order valence-electron chi connectivity index (χ2n) is 6.06. The maximum Gasteiger partial charge on any atom is 0.324 e. The van der Waals surface area contributed by atoms with Gasteiger partial charge in [0.2, 0.25) is 0 Å². The van der Waals surface area contributed by atoms with E-state index in [1.165, 1.54) is 0 Å². The van der Waals surface area contributed by atoms with E-state index in [1.807, 2.05) is 60.7 Å². The molecule has 116 valence electrons. The van der Waals surface area contributed by atoms with Crippen LogP contribution in [0, 0.1) is 5.41 Å². The third-order valence-electron chi connectivity index (χ3n) is 4.53. The maximum atomic E-state index is 12.4. The van der Waals surface area contributed by atoms with Gasteiger partial charge in [0, 0.05) is 0 Å². The van der Waals surface area contributed by atoms with E-state index in [1.54, 1.807) is 0 Å². The van der Waals surface area contributed by atoms with Gasteiger partial charge in [0.25, 0.3) is 0 Å². The van der Waals surface area contributed by atoms with E-state index in [4.69, 9.17) is 9.47 Å². The Labute approximate surface area is 134 Å². The molecule has 4 nitrogen and oxygen atoms in total. The zero-order chi connectivity index (χ0) is 15.9. The second-order valence-corrected chi connectivity index (χ2v) is 6.06. The standard InChI is InChI=1S/C19H16O4/c20-17-19(11-12-19)18(21)23-16(14-9-5-2-6-10-14)15(22-17)13-7-3-1-4-8-13/h1-10,15-16H,11-12H2/t15-,16-/m0/s1. The smallest absolute Gasteiger partial charge is 0.324 e. The maximum absolute atomic E-state index is 12.4. The minimum atomic E-state index is -1.07. The van der Waals surface area contributed by atoms with E-state index in [-0.39, 0.29) is 0 Å². The summed E-state index contributed by atoms with van der Waals surface area (Å²) in [4.78, 5) is 24.9. The molecule has 1 saturated carbocycles. The number of cyclic esters (lactones) is 2. The number of carbonyl (C=O) groups is 2. The average Bonchev–Trinajstić information content (AvgIpc) is 3.41. The average molecular weight is 308 g/mol. The molecule has 0 unspecified atom stereocenters. The molecule has 2 atom stereocenters. The molecule has 4 heteroatoms. The molecule has 2 aromatic carbocycles. The third kappa shape index (κ3) is 2.31. The number of hydrogen-bond donors (Lipinski definition) is 0. The van der Waals surface area contributed by atoms with E-state index in [0.717, 1.165) is 11.1 Å². The Bertz CT molecular complexity index is 673. The predicted octanol–water partition coefficient (Wildman–Crippen LogP) is 3.35. The van der Waals surface area contributed by atoms with Crippen molar-refractivity contribution in [1.82, 2.24) is 0 Å². The van der Waals surface area contributed by atoms with Crippen LogP contribution in [0.2, 0.25) is 0 Å². The molecular formula is C19H16O4. The summed E-state index contributed by atoms with van der Waals surface area (Å²) in [5, 5.41) is 0. The first-order valence-corrected chi connectivity index (χ1v) is 7.73. The molecule has 4 rings (SSSR count). The van der Waals surface area contributed by atoms with Gasteiger partial charge in [0.05, 0.1) is 0 Å². The number of rotatable bonds is 2. The summed E-state index contributed by atoms with van der Waals surface area (Å²) >= 11 is 0. The van der Waals surface area contributed by atoms with Crippen molar-refractivity contribution in [2.45, 2.75) is 25.0 Å². The summed E-state index contributed by atoms with van der Waals surface area (Å²) < 4.78 is 11.5. The number of ether oxygens (including phenoxy) is 2. The lowest BCUT2D eigenvalue weighted by molar-refractivity contribution is -0.158. The predicted molar refractivity (Wildman–Crippen MR) is 82.2 cm³/mol. The number of hydrogen-bond acceptors (Lipinski definition) is 4. The van der Waals surface area contributed by atoms with Crippen LogP contribution in [0.1, 0.15) is 36.2 Å². The first kappa shape index (κ1) is 14.0. The minimum absolute atomic E-state index is 0.463. The summed E-state index contributed by atoms with van der Waals surface area (Å²) in [5.41, 5.74) is 0.566. The van der Waals surface area contributed by atoms with Crippen LogP contribution in [0.15, 0.2) is 60.7 Å². The molecule has 2 fully saturated rings. The van der Waals surface area contributed by atoms with Crippen LogP contribution >= 0.6 is 0 Å². The van der Waals surface area contributed by atoms with Crippen molar-refractivity contribution >= 4 is 11.9 Å². The van der Waals surface area contributed by atoms with E-state index < -0.39 is 29.6 Å². The Morgan fingerprint density at radius 1 is 0.696 bits per heavy atom. The lowest BCUT2D eigenvalue weighted by atomic mass is 9.98. The molecule has 0 amide bonds. The number of benzene rings is 2. The molecule has 0 aromatic heterocycles. The van der Waals surface area contributed by atoms with Gasteiger partial charge in [-0.2, -0.15) is 0 Å². The zero-order valence-electron chi connectivity index (χ0n) is 12.5. The Hall–Kier alpha value is -2.62. The van der Waals surface area contributed by atoms with Crippen LogP contribution in [0.25, 0.3) is 0 Å². The van der Waals surface area contributed by atoms with Gasteiger partial charge >= 0.3 is 11.9 Å². The molecule has 2 aliphatic rings. The van der Waals surface area contributed by atoms with Crippen molar-refractivity contribution in [3.8, 4) is 0 Å². The summed E-state index contributed by atoms with van der Waals surface area (Å²) in [6.07, 6.45) is -0.244. The Balaban J connectivity index is 1.79. The Kier molecular flexibility index (Phi) is 3.18. The van der Waals surface area contributed by atoms with Crippen molar-refractivity contribution in [3.05, 3.63) is 71.8 Å². The fourth-order valence-corrected chi connectivity index (χ4v) is 2.97. The molecule has 0 radical (unpaired) electrons. The zero-order valence-corrected chi connectivity index (χ0v) is 12.5. The second kappa shape index (κ2) is 5.23. The summed E-state index contributed by atoms with van der Waals surface area (Å²) in [7, 11) is 0. The van der Waals surface area contributed by atoms with Crippen LogP contribution in [0.3, 0.4) is 0 Å². The molecule has 1 heterocycles. The quantitative estimate of drug-likeness (QED) is 0.630. The van der Waals surface area contributed by atoms with E-state index in [2.05, 4.69) is 0 Å². The van der Waals surface area contributed by atoms with E-state index >= 15 is 0 Å². The van der Waals surface area contributed by atoms with Gasteiger partial charge in [-0.05, 0) is 24.0 Å². The van der Waals surface area contributed by atoms with Gasteiger partial charge in [-0.1, -0.05) is 60.7 Å².